The Labute approximate surface area is 154 Å². The van der Waals surface area contributed by atoms with E-state index in [1.54, 1.807) is 31.2 Å². The second-order valence-corrected chi connectivity index (χ2v) is 6.25. The highest BCUT2D eigenvalue weighted by atomic mass is 35.5. The number of aromatic carboxylic acids is 1. The number of aromatic amines is 1. The topological polar surface area (TPSA) is 87.4 Å². The molecule has 0 bridgehead atoms. The minimum atomic E-state index is -1.03. The van der Waals surface area contributed by atoms with Crippen molar-refractivity contribution in [2.24, 2.45) is 4.99 Å². The van der Waals surface area contributed by atoms with E-state index in [1.807, 2.05) is 13.0 Å². The summed E-state index contributed by atoms with van der Waals surface area (Å²) in [6, 6.07) is 11.6. The summed E-state index contributed by atoms with van der Waals surface area (Å²) < 4.78 is 1.40. The van der Waals surface area contributed by atoms with E-state index in [-0.39, 0.29) is 11.1 Å². The monoisotopic (exact) mass is 369 g/mol. The van der Waals surface area contributed by atoms with E-state index in [0.717, 1.165) is 5.56 Å². The van der Waals surface area contributed by atoms with Crippen LogP contribution in [0.2, 0.25) is 5.02 Å². The molecule has 2 aromatic carbocycles. The van der Waals surface area contributed by atoms with Crippen LogP contribution in [0.25, 0.3) is 5.69 Å². The van der Waals surface area contributed by atoms with Gasteiger partial charge in [-0.05, 0) is 49.7 Å². The number of carboxylic acids is 1. The molecule has 0 unspecified atom stereocenters. The number of hydrogen-bond donors (Lipinski definition) is 2. The number of halogens is 1. The predicted molar refractivity (Wildman–Crippen MR) is 102 cm³/mol. The number of nitrogens with one attached hydrogen (secondary N) is 1. The third-order valence-corrected chi connectivity index (χ3v) is 4.37. The van der Waals surface area contributed by atoms with Crippen molar-refractivity contribution < 1.29 is 9.90 Å². The van der Waals surface area contributed by atoms with Gasteiger partial charge in [-0.3, -0.25) is 14.9 Å². The minimum absolute atomic E-state index is 0.136. The summed E-state index contributed by atoms with van der Waals surface area (Å²) in [5.41, 5.74) is 2.91. The van der Waals surface area contributed by atoms with Crippen LogP contribution in [0.4, 0.5) is 5.69 Å². The molecule has 1 aromatic heterocycles. The minimum Gasteiger partial charge on any atom is -0.478 e. The van der Waals surface area contributed by atoms with Crippen LogP contribution >= 0.6 is 11.6 Å². The van der Waals surface area contributed by atoms with Crippen molar-refractivity contribution in [1.82, 2.24) is 9.78 Å². The predicted octanol–water partition coefficient (Wildman–Crippen LogP) is 3.88. The maximum absolute atomic E-state index is 12.7. The van der Waals surface area contributed by atoms with Crippen LogP contribution in [0, 0.1) is 13.8 Å². The molecule has 1 heterocycles. The van der Waals surface area contributed by atoms with E-state index in [0.29, 0.717) is 27.7 Å². The van der Waals surface area contributed by atoms with Crippen molar-refractivity contribution in [1.29, 1.82) is 0 Å². The van der Waals surface area contributed by atoms with E-state index in [9.17, 15) is 9.59 Å². The van der Waals surface area contributed by atoms with Crippen LogP contribution in [0.15, 0.2) is 52.3 Å². The number of H-pyrrole nitrogens is 1. The number of hydrogen-bond acceptors (Lipinski definition) is 3. The summed E-state index contributed by atoms with van der Waals surface area (Å²) in [4.78, 5) is 27.9. The molecule has 6 nitrogen and oxygen atoms in total. The highest BCUT2D eigenvalue weighted by Crippen LogP contribution is 2.19. The lowest BCUT2D eigenvalue weighted by Gasteiger charge is -2.04. The molecule has 0 saturated heterocycles. The molecular formula is C19H16ClN3O3. The van der Waals surface area contributed by atoms with E-state index < -0.39 is 5.97 Å². The molecule has 0 aliphatic heterocycles. The van der Waals surface area contributed by atoms with Gasteiger partial charge in [-0.2, -0.15) is 0 Å². The number of nitrogens with zero attached hydrogens (tertiary/aromatic N) is 2. The van der Waals surface area contributed by atoms with Crippen molar-refractivity contribution in [3.8, 4) is 5.69 Å². The number of aliphatic imine (C=N–C) groups is 1. The number of aryl methyl sites for hydroxylation is 2. The van der Waals surface area contributed by atoms with Gasteiger partial charge in [0.2, 0.25) is 0 Å². The lowest BCUT2D eigenvalue weighted by molar-refractivity contribution is 0.0697. The smallest absolute Gasteiger partial charge is 0.335 e. The Balaban J connectivity index is 1.98. The van der Waals surface area contributed by atoms with Gasteiger partial charge in [0.1, 0.15) is 0 Å². The molecule has 0 atom stereocenters. The lowest BCUT2D eigenvalue weighted by atomic mass is 10.2. The highest BCUT2D eigenvalue weighted by molar-refractivity contribution is 6.31. The second-order valence-electron chi connectivity index (χ2n) is 5.84. The van der Waals surface area contributed by atoms with E-state index in [1.165, 1.54) is 23.0 Å². The largest absolute Gasteiger partial charge is 0.478 e. The molecular weight excluding hydrogens is 354 g/mol. The summed E-state index contributed by atoms with van der Waals surface area (Å²) >= 11 is 6.14. The third-order valence-electron chi connectivity index (χ3n) is 3.97. The van der Waals surface area contributed by atoms with Gasteiger partial charge in [-0.25, -0.2) is 9.48 Å². The quantitative estimate of drug-likeness (QED) is 0.684. The van der Waals surface area contributed by atoms with E-state index in [2.05, 4.69) is 10.1 Å². The average Bonchev–Trinajstić information content (AvgIpc) is 2.90. The van der Waals surface area contributed by atoms with Crippen LogP contribution in [0.3, 0.4) is 0 Å². The summed E-state index contributed by atoms with van der Waals surface area (Å²) in [5, 5.41) is 12.6. The molecule has 0 aliphatic carbocycles. The molecule has 0 amide bonds. The average molecular weight is 370 g/mol. The molecule has 0 radical (unpaired) electrons. The maximum Gasteiger partial charge on any atom is 0.335 e. The van der Waals surface area contributed by atoms with Gasteiger partial charge in [0, 0.05) is 16.9 Å². The molecule has 26 heavy (non-hydrogen) atoms. The molecule has 0 aliphatic rings. The van der Waals surface area contributed by atoms with Crippen LogP contribution < -0.4 is 5.56 Å². The first kappa shape index (κ1) is 17.7. The number of carboxylic acid groups (broad SMARTS) is 1. The maximum atomic E-state index is 12.7. The summed E-state index contributed by atoms with van der Waals surface area (Å²) in [5.74, 6) is -1.03. The molecule has 0 fully saturated rings. The van der Waals surface area contributed by atoms with E-state index in [4.69, 9.17) is 16.7 Å². The molecule has 0 spiro atoms. The number of benzene rings is 2. The van der Waals surface area contributed by atoms with Gasteiger partial charge >= 0.3 is 5.97 Å². The van der Waals surface area contributed by atoms with Crippen molar-refractivity contribution >= 4 is 29.5 Å². The lowest BCUT2D eigenvalue weighted by Crippen LogP contribution is -2.17. The Morgan fingerprint density at radius 1 is 1.23 bits per heavy atom. The van der Waals surface area contributed by atoms with Crippen LogP contribution in [-0.4, -0.2) is 27.1 Å². The van der Waals surface area contributed by atoms with Gasteiger partial charge in [-0.15, -0.1) is 0 Å². The van der Waals surface area contributed by atoms with Gasteiger partial charge in [0.15, 0.2) is 0 Å². The van der Waals surface area contributed by atoms with Crippen LogP contribution in [-0.2, 0) is 0 Å². The van der Waals surface area contributed by atoms with Crippen LogP contribution in [0.5, 0.6) is 0 Å². The Bertz CT molecular complexity index is 1080. The second kappa shape index (κ2) is 7.01. The highest BCUT2D eigenvalue weighted by Gasteiger charge is 2.11. The van der Waals surface area contributed by atoms with Gasteiger partial charge in [-0.1, -0.05) is 23.7 Å². The number of aromatic nitrogens is 2. The first-order valence-electron chi connectivity index (χ1n) is 7.82. The summed E-state index contributed by atoms with van der Waals surface area (Å²) in [7, 11) is 0. The van der Waals surface area contributed by atoms with E-state index >= 15 is 0 Å². The Morgan fingerprint density at radius 2 is 2.00 bits per heavy atom. The molecule has 0 saturated carbocycles. The van der Waals surface area contributed by atoms with Crippen molar-refractivity contribution in [3.05, 3.63) is 80.2 Å². The number of rotatable bonds is 4. The van der Waals surface area contributed by atoms with Gasteiger partial charge in [0.05, 0.1) is 22.5 Å². The Morgan fingerprint density at radius 3 is 2.69 bits per heavy atom. The summed E-state index contributed by atoms with van der Waals surface area (Å²) in [6.07, 6.45) is 1.43. The van der Waals surface area contributed by atoms with Gasteiger partial charge < -0.3 is 5.11 Å². The van der Waals surface area contributed by atoms with Gasteiger partial charge in [0.25, 0.3) is 5.56 Å². The standard InChI is InChI=1S/C19H16ClN3O3/c1-11-6-7-15(9-17(11)20)23-18(24)16(12(2)22-23)10-21-14-5-3-4-13(8-14)19(25)26/h3-10,22H,1-2H3,(H,25,26). The zero-order chi connectivity index (χ0) is 18.8. The number of carbonyl (C=O) groups is 1. The zero-order valence-electron chi connectivity index (χ0n) is 14.2. The fourth-order valence-electron chi connectivity index (χ4n) is 2.47. The molecule has 2 N–H and O–H groups in total. The molecule has 3 rings (SSSR count). The first-order chi connectivity index (χ1) is 12.4. The van der Waals surface area contributed by atoms with Crippen molar-refractivity contribution in [3.63, 3.8) is 0 Å². The fourth-order valence-corrected chi connectivity index (χ4v) is 2.65. The normalized spacial score (nSPS) is 11.2. The fraction of sp³-hybridized carbons (Fsp3) is 0.105. The first-order valence-corrected chi connectivity index (χ1v) is 8.20. The molecule has 7 heteroatoms. The Kier molecular flexibility index (Phi) is 4.77. The Hall–Kier alpha value is -3.12. The molecule has 132 valence electrons. The molecule has 3 aromatic rings. The van der Waals surface area contributed by atoms with Crippen molar-refractivity contribution in [2.45, 2.75) is 13.8 Å². The van der Waals surface area contributed by atoms with Crippen LogP contribution in [0.1, 0.15) is 27.2 Å². The summed E-state index contributed by atoms with van der Waals surface area (Å²) in [6.45, 7) is 3.65. The SMILES string of the molecule is Cc1ccc(-n2[nH]c(C)c(C=Nc3cccc(C(=O)O)c3)c2=O)cc1Cl. The zero-order valence-corrected chi connectivity index (χ0v) is 14.9. The third kappa shape index (κ3) is 3.45. The van der Waals surface area contributed by atoms with Crippen molar-refractivity contribution in [2.75, 3.05) is 0 Å².